The quantitative estimate of drug-likeness (QED) is 0.747. The van der Waals surface area contributed by atoms with Crippen LogP contribution in [-0.4, -0.2) is 18.4 Å². The van der Waals surface area contributed by atoms with Crippen molar-refractivity contribution in [1.29, 1.82) is 0 Å². The van der Waals surface area contributed by atoms with Gasteiger partial charge in [-0.25, -0.2) is 4.79 Å². The summed E-state index contributed by atoms with van der Waals surface area (Å²) in [5.74, 6) is -1.06. The molecule has 4 rings (SSSR count). The molecule has 1 spiro atoms. The second-order valence-electron chi connectivity index (χ2n) is 7.79. The SMILES string of the molecule is CC1=C2CC3(CCCCCC3)COC2(Cc2ccccc2)OC1=O. The molecular formula is C21H26O3. The molecule has 1 unspecified atom stereocenters. The summed E-state index contributed by atoms with van der Waals surface area (Å²) in [7, 11) is 0. The maximum absolute atomic E-state index is 12.3. The molecule has 1 aliphatic carbocycles. The maximum Gasteiger partial charge on any atom is 0.336 e. The lowest BCUT2D eigenvalue weighted by molar-refractivity contribution is -0.228. The van der Waals surface area contributed by atoms with Crippen LogP contribution in [0.5, 0.6) is 0 Å². The fourth-order valence-electron chi connectivity index (χ4n) is 4.63. The van der Waals surface area contributed by atoms with Crippen LogP contribution in [0.25, 0.3) is 0 Å². The van der Waals surface area contributed by atoms with E-state index in [0.29, 0.717) is 13.0 Å². The first-order valence-electron chi connectivity index (χ1n) is 9.24. The van der Waals surface area contributed by atoms with Crippen molar-refractivity contribution in [2.24, 2.45) is 5.41 Å². The third kappa shape index (κ3) is 2.69. The summed E-state index contributed by atoms with van der Waals surface area (Å²) in [4.78, 5) is 12.3. The summed E-state index contributed by atoms with van der Waals surface area (Å²) in [5.41, 5.74) is 3.23. The van der Waals surface area contributed by atoms with E-state index in [1.54, 1.807) is 0 Å². The number of hydrogen-bond acceptors (Lipinski definition) is 3. The molecule has 24 heavy (non-hydrogen) atoms. The summed E-state index contributed by atoms with van der Waals surface area (Å²) in [6.45, 7) is 2.62. The molecule has 0 amide bonds. The Morgan fingerprint density at radius 3 is 2.46 bits per heavy atom. The predicted molar refractivity (Wildman–Crippen MR) is 92.4 cm³/mol. The topological polar surface area (TPSA) is 35.5 Å². The Labute approximate surface area is 144 Å². The standard InChI is InChI=1S/C21H26O3/c1-16-18-14-20(11-7-2-3-8-12-20)15-23-21(18,24-19(16)22)13-17-9-5-4-6-10-17/h4-6,9-10H,2-3,7-8,11-15H2,1H3. The van der Waals surface area contributed by atoms with Gasteiger partial charge in [-0.15, -0.1) is 0 Å². The summed E-state index contributed by atoms with van der Waals surface area (Å²) >= 11 is 0. The lowest BCUT2D eigenvalue weighted by atomic mass is 9.71. The highest BCUT2D eigenvalue weighted by molar-refractivity contribution is 5.92. The molecule has 128 valence electrons. The molecule has 1 atom stereocenters. The molecule has 3 aliphatic rings. The minimum atomic E-state index is -0.861. The molecule has 1 saturated heterocycles. The van der Waals surface area contributed by atoms with E-state index in [4.69, 9.17) is 9.47 Å². The van der Waals surface area contributed by atoms with Crippen LogP contribution in [0.15, 0.2) is 41.5 Å². The van der Waals surface area contributed by atoms with Crippen LogP contribution >= 0.6 is 0 Å². The molecule has 1 aromatic rings. The number of benzene rings is 1. The molecule has 0 N–H and O–H groups in total. The summed E-state index contributed by atoms with van der Waals surface area (Å²) in [5, 5.41) is 0. The smallest absolute Gasteiger partial charge is 0.336 e. The van der Waals surface area contributed by atoms with Crippen LogP contribution in [0.3, 0.4) is 0 Å². The van der Waals surface area contributed by atoms with E-state index >= 15 is 0 Å². The number of carbonyl (C=O) groups excluding carboxylic acids is 1. The van der Waals surface area contributed by atoms with Gasteiger partial charge in [0.1, 0.15) is 0 Å². The number of ether oxygens (including phenoxy) is 2. The lowest BCUT2D eigenvalue weighted by Gasteiger charge is -2.45. The molecule has 3 nitrogen and oxygen atoms in total. The van der Waals surface area contributed by atoms with E-state index in [-0.39, 0.29) is 11.4 Å². The summed E-state index contributed by atoms with van der Waals surface area (Å²) in [6.07, 6.45) is 9.18. The van der Waals surface area contributed by atoms with E-state index in [2.05, 4.69) is 12.1 Å². The Kier molecular flexibility index (Phi) is 4.00. The van der Waals surface area contributed by atoms with Gasteiger partial charge in [0.05, 0.1) is 6.61 Å². The third-order valence-electron chi connectivity index (χ3n) is 6.08. The highest BCUT2D eigenvalue weighted by Gasteiger charge is 2.54. The van der Waals surface area contributed by atoms with Gasteiger partial charge in [-0.3, -0.25) is 0 Å². The highest BCUT2D eigenvalue weighted by Crippen LogP contribution is 2.52. The second kappa shape index (κ2) is 6.03. The van der Waals surface area contributed by atoms with Crippen molar-refractivity contribution in [3.63, 3.8) is 0 Å². The Hall–Kier alpha value is -1.61. The van der Waals surface area contributed by atoms with E-state index in [9.17, 15) is 4.79 Å². The fourth-order valence-corrected chi connectivity index (χ4v) is 4.63. The van der Waals surface area contributed by atoms with Gasteiger partial charge in [-0.05, 0) is 37.2 Å². The Balaban J connectivity index is 1.65. The largest absolute Gasteiger partial charge is 0.425 e. The van der Waals surface area contributed by atoms with E-state index in [1.807, 2.05) is 25.1 Å². The minimum Gasteiger partial charge on any atom is -0.425 e. The van der Waals surface area contributed by atoms with Crippen LogP contribution in [0.2, 0.25) is 0 Å². The average molecular weight is 326 g/mol. The molecule has 0 bridgehead atoms. The van der Waals surface area contributed by atoms with Crippen LogP contribution in [0, 0.1) is 5.41 Å². The molecule has 0 radical (unpaired) electrons. The monoisotopic (exact) mass is 326 g/mol. The van der Waals surface area contributed by atoms with Gasteiger partial charge in [-0.1, -0.05) is 56.0 Å². The van der Waals surface area contributed by atoms with Crippen molar-refractivity contribution >= 4 is 5.97 Å². The lowest BCUT2D eigenvalue weighted by Crippen LogP contribution is -2.48. The summed E-state index contributed by atoms with van der Waals surface area (Å²) in [6, 6.07) is 10.2. The molecule has 2 fully saturated rings. The van der Waals surface area contributed by atoms with E-state index in [0.717, 1.165) is 23.1 Å². The first-order chi connectivity index (χ1) is 11.6. The van der Waals surface area contributed by atoms with Crippen LogP contribution in [-0.2, 0) is 20.7 Å². The maximum atomic E-state index is 12.3. The fraction of sp³-hybridized carbons (Fsp3) is 0.571. The van der Waals surface area contributed by atoms with Crippen LogP contribution in [0.4, 0.5) is 0 Å². The predicted octanol–water partition coefficient (Wildman–Crippen LogP) is 4.56. The summed E-state index contributed by atoms with van der Waals surface area (Å²) < 4.78 is 12.2. The second-order valence-corrected chi connectivity index (χ2v) is 7.79. The van der Waals surface area contributed by atoms with Crippen molar-refractivity contribution in [2.45, 2.75) is 64.1 Å². The van der Waals surface area contributed by atoms with Crippen molar-refractivity contribution in [1.82, 2.24) is 0 Å². The van der Waals surface area contributed by atoms with Crippen LogP contribution < -0.4 is 0 Å². The zero-order valence-corrected chi connectivity index (χ0v) is 14.5. The van der Waals surface area contributed by atoms with Gasteiger partial charge in [0, 0.05) is 17.6 Å². The third-order valence-corrected chi connectivity index (χ3v) is 6.08. The highest BCUT2D eigenvalue weighted by atomic mass is 16.7. The first kappa shape index (κ1) is 15.9. The van der Waals surface area contributed by atoms with Crippen molar-refractivity contribution in [2.75, 3.05) is 6.61 Å². The molecular weight excluding hydrogens is 300 g/mol. The Morgan fingerprint density at radius 2 is 1.75 bits per heavy atom. The van der Waals surface area contributed by atoms with Gasteiger partial charge < -0.3 is 9.47 Å². The first-order valence-corrected chi connectivity index (χ1v) is 9.24. The van der Waals surface area contributed by atoms with Crippen molar-refractivity contribution in [3.05, 3.63) is 47.0 Å². The normalized spacial score (nSPS) is 29.3. The number of esters is 1. The van der Waals surface area contributed by atoms with Crippen molar-refractivity contribution in [3.8, 4) is 0 Å². The molecule has 1 saturated carbocycles. The van der Waals surface area contributed by atoms with E-state index in [1.165, 1.54) is 38.5 Å². The van der Waals surface area contributed by atoms with E-state index < -0.39 is 5.79 Å². The molecule has 2 heterocycles. The zero-order valence-electron chi connectivity index (χ0n) is 14.5. The molecule has 3 heteroatoms. The zero-order chi connectivity index (χ0) is 16.6. The number of rotatable bonds is 2. The minimum absolute atomic E-state index is 0.202. The van der Waals surface area contributed by atoms with Crippen molar-refractivity contribution < 1.29 is 14.3 Å². The molecule has 2 aliphatic heterocycles. The molecule has 1 aromatic carbocycles. The Bertz CT molecular complexity index is 653. The number of hydrogen-bond donors (Lipinski definition) is 0. The van der Waals surface area contributed by atoms with Crippen LogP contribution in [0.1, 0.15) is 57.4 Å². The van der Waals surface area contributed by atoms with Gasteiger partial charge in [-0.2, -0.15) is 0 Å². The van der Waals surface area contributed by atoms with Gasteiger partial charge in [0.15, 0.2) is 0 Å². The average Bonchev–Trinajstić information content (AvgIpc) is 2.75. The van der Waals surface area contributed by atoms with Gasteiger partial charge in [0.2, 0.25) is 5.79 Å². The Morgan fingerprint density at radius 1 is 1.04 bits per heavy atom. The number of fused-ring (bicyclic) bond motifs is 1. The van der Waals surface area contributed by atoms with Gasteiger partial charge >= 0.3 is 5.97 Å². The van der Waals surface area contributed by atoms with Gasteiger partial charge in [0.25, 0.3) is 0 Å². The number of carbonyl (C=O) groups is 1. The molecule has 0 aromatic heterocycles.